The number of nitrogens with zero attached hydrogens (tertiary/aromatic N) is 2. The minimum Gasteiger partial charge on any atom is -0.469 e. The van der Waals surface area contributed by atoms with Gasteiger partial charge in [-0.1, -0.05) is 6.92 Å². The van der Waals surface area contributed by atoms with Crippen molar-refractivity contribution in [2.45, 2.75) is 19.8 Å². The third-order valence-corrected chi connectivity index (χ3v) is 3.10. The molecular weight excluding hydrogens is 308 g/mol. The van der Waals surface area contributed by atoms with Crippen LogP contribution in [0.15, 0.2) is 33.5 Å². The molecule has 0 saturated heterocycles. The van der Waals surface area contributed by atoms with Crippen LogP contribution < -0.4 is 10.6 Å². The molecule has 0 unspecified atom stereocenters. The van der Waals surface area contributed by atoms with Gasteiger partial charge in [0.25, 0.3) is 0 Å². The summed E-state index contributed by atoms with van der Waals surface area (Å²) in [7, 11) is 0. The Morgan fingerprint density at radius 3 is 2.95 bits per heavy atom. The molecule has 0 spiro atoms. The number of aromatic nitrogens is 2. The molecule has 5 nitrogen and oxygen atoms in total. The van der Waals surface area contributed by atoms with Crippen molar-refractivity contribution in [2.24, 2.45) is 0 Å². The number of hydrogen-bond acceptors (Lipinski definition) is 5. The highest BCUT2D eigenvalue weighted by molar-refractivity contribution is 9.10. The van der Waals surface area contributed by atoms with Crippen molar-refractivity contribution in [1.82, 2.24) is 9.97 Å². The topological polar surface area (TPSA) is 63.0 Å². The second kappa shape index (κ2) is 7.13. The van der Waals surface area contributed by atoms with Crippen molar-refractivity contribution in [2.75, 3.05) is 23.7 Å². The minimum atomic E-state index is 0.644. The van der Waals surface area contributed by atoms with Gasteiger partial charge in [0.2, 0.25) is 5.95 Å². The molecule has 0 aliphatic heterocycles. The van der Waals surface area contributed by atoms with Crippen LogP contribution in [0.5, 0.6) is 0 Å². The van der Waals surface area contributed by atoms with Crippen molar-refractivity contribution >= 4 is 27.7 Å². The molecule has 0 fully saturated rings. The molecule has 0 amide bonds. The summed E-state index contributed by atoms with van der Waals surface area (Å²) in [6.45, 7) is 3.73. The molecule has 2 N–H and O–H groups in total. The van der Waals surface area contributed by atoms with Gasteiger partial charge < -0.3 is 15.1 Å². The van der Waals surface area contributed by atoms with E-state index in [1.165, 1.54) is 0 Å². The molecule has 0 aliphatic rings. The molecule has 2 aromatic rings. The van der Waals surface area contributed by atoms with Crippen LogP contribution in [0.3, 0.4) is 0 Å². The molecule has 0 aliphatic carbocycles. The lowest BCUT2D eigenvalue weighted by atomic mass is 10.3. The van der Waals surface area contributed by atoms with Crippen LogP contribution in [0.2, 0.25) is 0 Å². The Labute approximate surface area is 121 Å². The molecule has 2 aromatic heterocycles. The van der Waals surface area contributed by atoms with E-state index in [-0.39, 0.29) is 0 Å². The first-order chi connectivity index (χ1) is 9.29. The van der Waals surface area contributed by atoms with Gasteiger partial charge in [-0.3, -0.25) is 0 Å². The summed E-state index contributed by atoms with van der Waals surface area (Å²) in [5, 5.41) is 6.43. The molecular formula is C13H17BrN4O. The van der Waals surface area contributed by atoms with E-state index in [0.717, 1.165) is 42.0 Å². The Hall–Kier alpha value is -1.56. The number of furan rings is 1. The third-order valence-electron chi connectivity index (χ3n) is 2.52. The van der Waals surface area contributed by atoms with Crippen molar-refractivity contribution in [3.05, 3.63) is 34.8 Å². The van der Waals surface area contributed by atoms with Gasteiger partial charge >= 0.3 is 0 Å². The maximum absolute atomic E-state index is 5.28. The predicted octanol–water partition coefficient (Wildman–Crippen LogP) is 3.31. The fraction of sp³-hybridized carbons (Fsp3) is 0.385. The van der Waals surface area contributed by atoms with Gasteiger partial charge in [-0.15, -0.1) is 0 Å². The summed E-state index contributed by atoms with van der Waals surface area (Å²) >= 11 is 3.44. The maximum atomic E-state index is 5.28. The van der Waals surface area contributed by atoms with Crippen LogP contribution >= 0.6 is 15.9 Å². The Balaban J connectivity index is 1.90. The molecule has 19 heavy (non-hydrogen) atoms. The summed E-state index contributed by atoms with van der Waals surface area (Å²) in [6.07, 6.45) is 5.30. The summed E-state index contributed by atoms with van der Waals surface area (Å²) in [6, 6.07) is 3.85. The lowest BCUT2D eigenvalue weighted by molar-refractivity contribution is 0.513. The smallest absolute Gasteiger partial charge is 0.224 e. The molecule has 0 atom stereocenters. The molecule has 2 rings (SSSR count). The molecule has 6 heteroatoms. The lowest BCUT2D eigenvalue weighted by Gasteiger charge is -2.09. The van der Waals surface area contributed by atoms with Gasteiger partial charge in [0.15, 0.2) is 0 Å². The fourth-order valence-electron chi connectivity index (χ4n) is 1.57. The highest BCUT2D eigenvalue weighted by atomic mass is 79.9. The average molecular weight is 325 g/mol. The van der Waals surface area contributed by atoms with Gasteiger partial charge in [-0.05, 0) is 34.5 Å². The molecule has 102 valence electrons. The second-order valence-corrected chi connectivity index (χ2v) is 4.93. The van der Waals surface area contributed by atoms with E-state index in [4.69, 9.17) is 4.42 Å². The average Bonchev–Trinajstić information content (AvgIpc) is 2.92. The van der Waals surface area contributed by atoms with Gasteiger partial charge in [0, 0.05) is 25.7 Å². The van der Waals surface area contributed by atoms with Crippen molar-refractivity contribution in [3.8, 4) is 0 Å². The zero-order valence-corrected chi connectivity index (χ0v) is 12.4. The summed E-state index contributed by atoms with van der Waals surface area (Å²) in [5.41, 5.74) is 0. The largest absolute Gasteiger partial charge is 0.469 e. The van der Waals surface area contributed by atoms with E-state index in [1.54, 1.807) is 12.5 Å². The molecule has 0 saturated carbocycles. The van der Waals surface area contributed by atoms with Crippen molar-refractivity contribution < 1.29 is 4.42 Å². The third kappa shape index (κ3) is 4.24. The first-order valence-electron chi connectivity index (χ1n) is 6.32. The molecule has 2 heterocycles. The van der Waals surface area contributed by atoms with Gasteiger partial charge in [0.05, 0.1) is 10.7 Å². The quantitative estimate of drug-likeness (QED) is 0.818. The van der Waals surface area contributed by atoms with Crippen LogP contribution in [0.1, 0.15) is 19.1 Å². The van der Waals surface area contributed by atoms with E-state index in [2.05, 4.69) is 43.5 Å². The second-order valence-electron chi connectivity index (χ2n) is 4.07. The number of hydrogen-bond donors (Lipinski definition) is 2. The fourth-order valence-corrected chi connectivity index (χ4v) is 1.90. The van der Waals surface area contributed by atoms with Gasteiger partial charge in [-0.2, -0.15) is 4.98 Å². The Morgan fingerprint density at radius 2 is 2.21 bits per heavy atom. The van der Waals surface area contributed by atoms with Crippen molar-refractivity contribution in [3.63, 3.8) is 0 Å². The lowest BCUT2D eigenvalue weighted by Crippen LogP contribution is -2.10. The van der Waals surface area contributed by atoms with E-state index in [1.807, 2.05) is 12.1 Å². The standard InChI is InChI=1S/C13H17BrN4O/c1-2-6-16-13-17-9-11(14)12(18-13)15-7-5-10-4-3-8-19-10/h3-4,8-9H,2,5-7H2,1H3,(H2,15,16,17,18). The van der Waals surface area contributed by atoms with Gasteiger partial charge in [0.1, 0.15) is 11.6 Å². The summed E-state index contributed by atoms with van der Waals surface area (Å²) < 4.78 is 6.14. The summed E-state index contributed by atoms with van der Waals surface area (Å²) in [5.74, 6) is 2.40. The SMILES string of the molecule is CCCNc1ncc(Br)c(NCCc2ccco2)n1. The highest BCUT2D eigenvalue weighted by Gasteiger charge is 2.04. The van der Waals surface area contributed by atoms with Gasteiger partial charge in [-0.25, -0.2) is 4.98 Å². The van der Waals surface area contributed by atoms with E-state index >= 15 is 0 Å². The zero-order valence-electron chi connectivity index (χ0n) is 10.8. The number of anilines is 2. The van der Waals surface area contributed by atoms with Crippen LogP contribution in [-0.4, -0.2) is 23.1 Å². The van der Waals surface area contributed by atoms with E-state index in [0.29, 0.717) is 5.95 Å². The van der Waals surface area contributed by atoms with Crippen LogP contribution in [0, 0.1) is 0 Å². The van der Waals surface area contributed by atoms with Crippen LogP contribution in [-0.2, 0) is 6.42 Å². The minimum absolute atomic E-state index is 0.644. The van der Waals surface area contributed by atoms with Crippen LogP contribution in [0.25, 0.3) is 0 Å². The van der Waals surface area contributed by atoms with Crippen molar-refractivity contribution in [1.29, 1.82) is 0 Å². The molecule has 0 radical (unpaired) electrons. The predicted molar refractivity (Wildman–Crippen MR) is 79.4 cm³/mol. The van der Waals surface area contributed by atoms with E-state index in [9.17, 15) is 0 Å². The number of halogens is 1. The molecule has 0 bridgehead atoms. The number of rotatable bonds is 7. The first-order valence-corrected chi connectivity index (χ1v) is 7.11. The Kier molecular flexibility index (Phi) is 5.20. The monoisotopic (exact) mass is 324 g/mol. The Morgan fingerprint density at radius 1 is 1.32 bits per heavy atom. The van der Waals surface area contributed by atoms with Crippen LogP contribution in [0.4, 0.5) is 11.8 Å². The maximum Gasteiger partial charge on any atom is 0.224 e. The highest BCUT2D eigenvalue weighted by Crippen LogP contribution is 2.20. The normalized spacial score (nSPS) is 10.4. The summed E-state index contributed by atoms with van der Waals surface area (Å²) in [4.78, 5) is 8.62. The number of nitrogens with one attached hydrogen (secondary N) is 2. The zero-order chi connectivity index (χ0) is 13.5. The van der Waals surface area contributed by atoms with E-state index < -0.39 is 0 Å². The molecule has 0 aromatic carbocycles. The Bertz CT molecular complexity index is 501. The first kappa shape index (κ1) is 13.9.